The van der Waals surface area contributed by atoms with Crippen LogP contribution in [-0.2, 0) is 31.9 Å². The number of rotatable bonds is 5. The molecule has 1 fully saturated rings. The minimum absolute atomic E-state index is 0.102. The normalized spacial score (nSPS) is 14.0. The van der Waals surface area contributed by atoms with Gasteiger partial charge in [-0.15, -0.1) is 0 Å². The second kappa shape index (κ2) is 9.25. The van der Waals surface area contributed by atoms with Gasteiger partial charge in [0.15, 0.2) is 11.2 Å². The maximum Gasteiger partial charge on any atom is 0.332 e. The lowest BCUT2D eigenvalue weighted by molar-refractivity contribution is -0.130. The second-order valence-corrected chi connectivity index (χ2v) is 8.89. The van der Waals surface area contributed by atoms with E-state index in [0.29, 0.717) is 56.3 Å². The highest BCUT2D eigenvalue weighted by Gasteiger charge is 2.27. The highest BCUT2D eigenvalue weighted by atomic mass is 16.2. The number of benzene rings is 2. The Kier molecular flexibility index (Phi) is 5.98. The van der Waals surface area contributed by atoms with E-state index in [1.54, 1.807) is 7.05 Å². The molecule has 180 valence electrons. The smallest absolute Gasteiger partial charge is 0.332 e. The third kappa shape index (κ3) is 4.25. The first-order chi connectivity index (χ1) is 16.9. The van der Waals surface area contributed by atoms with Gasteiger partial charge in [0.05, 0.1) is 13.0 Å². The summed E-state index contributed by atoms with van der Waals surface area (Å²) in [7, 11) is 3.12. The van der Waals surface area contributed by atoms with Crippen molar-refractivity contribution < 1.29 is 4.79 Å². The van der Waals surface area contributed by atoms with Gasteiger partial charge in [0.1, 0.15) is 0 Å². The zero-order valence-corrected chi connectivity index (χ0v) is 19.9. The van der Waals surface area contributed by atoms with Gasteiger partial charge in [-0.05, 0) is 11.1 Å². The lowest BCUT2D eigenvalue weighted by Crippen LogP contribution is -2.50. The minimum atomic E-state index is -0.408. The Hall–Kier alpha value is -4.14. The van der Waals surface area contributed by atoms with Gasteiger partial charge in [-0.3, -0.25) is 23.3 Å². The van der Waals surface area contributed by atoms with E-state index in [-0.39, 0.29) is 11.5 Å². The average Bonchev–Trinajstić information content (AvgIpc) is 3.26. The summed E-state index contributed by atoms with van der Waals surface area (Å²) < 4.78 is 4.44. The summed E-state index contributed by atoms with van der Waals surface area (Å²) >= 11 is 0. The van der Waals surface area contributed by atoms with E-state index >= 15 is 0 Å². The SMILES string of the molecule is Cn1c(=O)c2c(nc(N3CCN(C(=O)Cc4ccccc4)CC3)n2Cc2ccccc2)n(C)c1=O. The van der Waals surface area contributed by atoms with Gasteiger partial charge in [0, 0.05) is 40.3 Å². The Morgan fingerprint density at radius 1 is 0.829 bits per heavy atom. The first-order valence-electron chi connectivity index (χ1n) is 11.7. The van der Waals surface area contributed by atoms with Crippen molar-refractivity contribution in [2.45, 2.75) is 13.0 Å². The fourth-order valence-corrected chi connectivity index (χ4v) is 4.63. The molecule has 5 rings (SSSR count). The van der Waals surface area contributed by atoms with E-state index in [9.17, 15) is 14.4 Å². The maximum atomic E-state index is 13.1. The summed E-state index contributed by atoms with van der Waals surface area (Å²) in [5.41, 5.74) is 2.02. The zero-order chi connectivity index (χ0) is 24.5. The zero-order valence-electron chi connectivity index (χ0n) is 19.9. The predicted octanol–water partition coefficient (Wildman–Crippen LogP) is 1.37. The summed E-state index contributed by atoms with van der Waals surface area (Å²) in [5, 5.41) is 0. The van der Waals surface area contributed by atoms with Gasteiger partial charge >= 0.3 is 5.69 Å². The Bertz CT molecular complexity index is 1480. The van der Waals surface area contributed by atoms with Crippen LogP contribution in [0.2, 0.25) is 0 Å². The van der Waals surface area contributed by atoms with Crippen LogP contribution in [0.25, 0.3) is 11.2 Å². The maximum absolute atomic E-state index is 13.1. The molecule has 2 aromatic heterocycles. The number of hydrogen-bond donors (Lipinski definition) is 0. The molecule has 1 saturated heterocycles. The van der Waals surface area contributed by atoms with Crippen LogP contribution in [0.5, 0.6) is 0 Å². The van der Waals surface area contributed by atoms with Crippen molar-refractivity contribution >= 4 is 23.0 Å². The number of carbonyl (C=O) groups excluding carboxylic acids is 1. The average molecular weight is 473 g/mol. The Morgan fingerprint density at radius 2 is 1.43 bits per heavy atom. The summed E-state index contributed by atoms with van der Waals surface area (Å²) in [4.78, 5) is 47.3. The Morgan fingerprint density at radius 3 is 2.06 bits per heavy atom. The fourth-order valence-electron chi connectivity index (χ4n) is 4.63. The van der Waals surface area contributed by atoms with Crippen molar-refractivity contribution in [3.05, 3.63) is 92.6 Å². The van der Waals surface area contributed by atoms with Crippen molar-refractivity contribution in [3.8, 4) is 0 Å². The van der Waals surface area contributed by atoms with Gasteiger partial charge in [0.25, 0.3) is 5.56 Å². The number of imidazole rings is 1. The van der Waals surface area contributed by atoms with Crippen molar-refractivity contribution in [3.63, 3.8) is 0 Å². The molecule has 0 unspecified atom stereocenters. The van der Waals surface area contributed by atoms with Crippen molar-refractivity contribution in [2.24, 2.45) is 14.1 Å². The van der Waals surface area contributed by atoms with Gasteiger partial charge in [-0.1, -0.05) is 60.7 Å². The monoisotopic (exact) mass is 472 g/mol. The van der Waals surface area contributed by atoms with Crippen molar-refractivity contribution in [1.29, 1.82) is 0 Å². The molecule has 9 nitrogen and oxygen atoms in total. The third-order valence-electron chi connectivity index (χ3n) is 6.62. The van der Waals surface area contributed by atoms with Crippen LogP contribution in [-0.4, -0.2) is 55.7 Å². The number of carbonyl (C=O) groups is 1. The van der Waals surface area contributed by atoms with Crippen LogP contribution in [0.4, 0.5) is 5.95 Å². The number of anilines is 1. The molecule has 3 heterocycles. The van der Waals surface area contributed by atoms with Crippen molar-refractivity contribution in [1.82, 2.24) is 23.6 Å². The van der Waals surface area contributed by atoms with Crippen LogP contribution in [0.15, 0.2) is 70.3 Å². The van der Waals surface area contributed by atoms with Gasteiger partial charge in [-0.2, -0.15) is 4.98 Å². The molecular weight excluding hydrogens is 444 g/mol. The second-order valence-electron chi connectivity index (χ2n) is 8.89. The summed E-state index contributed by atoms with van der Waals surface area (Å²) in [6, 6.07) is 19.6. The van der Waals surface area contributed by atoms with Gasteiger partial charge in [-0.25, -0.2) is 4.79 Å². The first-order valence-corrected chi connectivity index (χ1v) is 11.7. The third-order valence-corrected chi connectivity index (χ3v) is 6.62. The number of hydrogen-bond acceptors (Lipinski definition) is 5. The lowest BCUT2D eigenvalue weighted by atomic mass is 10.1. The van der Waals surface area contributed by atoms with E-state index in [1.165, 1.54) is 11.6 Å². The number of piperazine rings is 1. The molecule has 0 N–H and O–H groups in total. The van der Waals surface area contributed by atoms with Gasteiger partial charge in [0.2, 0.25) is 11.9 Å². The molecule has 0 atom stereocenters. The van der Waals surface area contributed by atoms with Crippen LogP contribution in [0.3, 0.4) is 0 Å². The van der Waals surface area contributed by atoms with Crippen LogP contribution >= 0.6 is 0 Å². The summed E-state index contributed by atoms with van der Waals surface area (Å²) in [6.07, 6.45) is 0.380. The number of aryl methyl sites for hydroxylation is 1. The van der Waals surface area contributed by atoms with Crippen LogP contribution in [0, 0.1) is 0 Å². The fraction of sp³-hybridized carbons (Fsp3) is 0.308. The molecule has 2 aromatic carbocycles. The molecule has 1 aliphatic heterocycles. The van der Waals surface area contributed by atoms with E-state index in [4.69, 9.17) is 4.98 Å². The molecule has 35 heavy (non-hydrogen) atoms. The molecule has 9 heteroatoms. The van der Waals surface area contributed by atoms with E-state index in [2.05, 4.69) is 4.90 Å². The molecule has 1 aliphatic rings. The summed E-state index contributed by atoms with van der Waals surface area (Å²) in [5.74, 6) is 0.738. The topological polar surface area (TPSA) is 85.4 Å². The Labute approximate surface area is 202 Å². The Balaban J connectivity index is 1.46. The first kappa shape index (κ1) is 22.6. The standard InChI is InChI=1S/C26H28N6O3/c1-28-23-22(24(34)29(2)26(28)35)32(18-20-11-7-4-8-12-20)25(27-23)31-15-13-30(14-16-31)21(33)17-19-9-5-3-6-10-19/h3-12H,13-18H2,1-2H3. The molecular formula is C26H28N6O3. The lowest BCUT2D eigenvalue weighted by Gasteiger charge is -2.35. The van der Waals surface area contributed by atoms with E-state index in [0.717, 1.165) is 15.7 Å². The van der Waals surface area contributed by atoms with Crippen LogP contribution in [0.1, 0.15) is 11.1 Å². The molecule has 0 saturated carbocycles. The van der Waals surface area contributed by atoms with E-state index < -0.39 is 5.69 Å². The minimum Gasteiger partial charge on any atom is -0.339 e. The predicted molar refractivity (Wildman–Crippen MR) is 135 cm³/mol. The number of nitrogens with zero attached hydrogens (tertiary/aromatic N) is 6. The number of aromatic nitrogens is 4. The van der Waals surface area contributed by atoms with Crippen molar-refractivity contribution in [2.75, 3.05) is 31.1 Å². The molecule has 0 aliphatic carbocycles. The molecule has 4 aromatic rings. The molecule has 0 radical (unpaired) electrons. The highest BCUT2D eigenvalue weighted by molar-refractivity contribution is 5.79. The van der Waals surface area contributed by atoms with E-state index in [1.807, 2.05) is 70.1 Å². The van der Waals surface area contributed by atoms with Crippen LogP contribution < -0.4 is 16.1 Å². The molecule has 1 amide bonds. The highest BCUT2D eigenvalue weighted by Crippen LogP contribution is 2.23. The molecule has 0 bridgehead atoms. The molecule has 0 spiro atoms. The quantitative estimate of drug-likeness (QED) is 0.438. The number of fused-ring (bicyclic) bond motifs is 1. The number of amides is 1. The van der Waals surface area contributed by atoms with Gasteiger partial charge < -0.3 is 9.80 Å². The largest absolute Gasteiger partial charge is 0.339 e. The summed E-state index contributed by atoms with van der Waals surface area (Å²) in [6.45, 7) is 2.77.